The van der Waals surface area contributed by atoms with Gasteiger partial charge in [0.05, 0.1) is 16.5 Å². The normalized spacial score (nSPS) is 20.7. The number of hydrogen-bond acceptors (Lipinski definition) is 6. The number of halogens is 2. The largest absolute Gasteiger partial charge is 0.486 e. The third-order valence-corrected chi connectivity index (χ3v) is 8.28. The zero-order valence-electron chi connectivity index (χ0n) is 20.4. The lowest BCUT2D eigenvalue weighted by molar-refractivity contribution is -0.141. The lowest BCUT2D eigenvalue weighted by Crippen LogP contribution is -2.26. The summed E-state index contributed by atoms with van der Waals surface area (Å²) in [6.07, 6.45) is 1.94. The van der Waals surface area contributed by atoms with E-state index in [1.165, 1.54) is 0 Å². The molecule has 3 heterocycles. The lowest BCUT2D eigenvalue weighted by atomic mass is 10.0. The molecule has 2 aliphatic heterocycles. The molecule has 1 fully saturated rings. The second-order valence-electron chi connectivity index (χ2n) is 10.0. The van der Waals surface area contributed by atoms with E-state index < -0.39 is 11.8 Å². The molecule has 4 aromatic rings. The fraction of sp³-hybridized carbons (Fsp3) is 0.310. The monoisotopic (exact) mass is 534 g/mol. The number of carbonyl (C=O) groups is 1. The Morgan fingerprint density at radius 1 is 1.08 bits per heavy atom. The second-order valence-corrected chi connectivity index (χ2v) is 10.4. The first-order chi connectivity index (χ1) is 18.5. The Hall–Kier alpha value is -3.62. The van der Waals surface area contributed by atoms with Gasteiger partial charge in [-0.2, -0.15) is 0 Å². The average molecular weight is 535 g/mol. The van der Waals surface area contributed by atoms with E-state index in [4.69, 9.17) is 25.5 Å². The Morgan fingerprint density at radius 2 is 1.89 bits per heavy atom. The van der Waals surface area contributed by atoms with Gasteiger partial charge in [0.1, 0.15) is 18.7 Å². The number of fused-ring (bicyclic) bond motifs is 3. The zero-order valence-corrected chi connectivity index (χ0v) is 21.1. The minimum atomic E-state index is -0.774. The van der Waals surface area contributed by atoms with Crippen molar-refractivity contribution in [3.63, 3.8) is 0 Å². The summed E-state index contributed by atoms with van der Waals surface area (Å²) in [6.45, 7) is 2.17. The Kier molecular flexibility index (Phi) is 5.56. The molecule has 0 radical (unpaired) electrons. The van der Waals surface area contributed by atoms with Crippen LogP contribution in [0.15, 0.2) is 46.9 Å². The van der Waals surface area contributed by atoms with Gasteiger partial charge < -0.3 is 19.0 Å². The van der Waals surface area contributed by atoms with Gasteiger partial charge in [-0.05, 0) is 66.8 Å². The first-order valence-corrected chi connectivity index (χ1v) is 13.1. The number of carboxylic acids is 1. The Bertz CT molecular complexity index is 1600. The van der Waals surface area contributed by atoms with E-state index >= 15 is 4.39 Å². The fourth-order valence-corrected chi connectivity index (χ4v) is 6.29. The summed E-state index contributed by atoms with van der Waals surface area (Å²) in [5, 5.41) is 9.84. The van der Waals surface area contributed by atoms with E-state index in [2.05, 4.69) is 9.88 Å². The molecule has 2 atom stereocenters. The summed E-state index contributed by atoms with van der Waals surface area (Å²) in [4.78, 5) is 18.2. The van der Waals surface area contributed by atoms with Crippen LogP contribution in [-0.2, 0) is 11.2 Å². The van der Waals surface area contributed by atoms with Crippen molar-refractivity contribution in [3.05, 3.63) is 64.4 Å². The van der Waals surface area contributed by atoms with Crippen LogP contribution in [-0.4, -0.2) is 47.3 Å². The van der Waals surface area contributed by atoms with E-state index in [-0.39, 0.29) is 23.4 Å². The number of ether oxygens (including phenoxy) is 2. The van der Waals surface area contributed by atoms with Gasteiger partial charge in [0.25, 0.3) is 0 Å². The van der Waals surface area contributed by atoms with E-state index in [1.807, 2.05) is 36.4 Å². The van der Waals surface area contributed by atoms with E-state index in [0.717, 1.165) is 23.1 Å². The molecule has 7 rings (SSSR count). The molecule has 0 amide bonds. The standard InChI is InChI=1S/C29H24ClFN2O5/c30-25-17(15-4-7-23-24(12-15)37-11-10-36-23)2-1-3-19(25)28-32-21-13-20-18(26(31)27(21)38-28)5-6-22(20)33-9-8-16(14-33)29(34)35/h1-4,7,12-13,16,22H,5-6,8-11,14H2,(H,34,35). The predicted octanol–water partition coefficient (Wildman–Crippen LogP) is 6.12. The maximum atomic E-state index is 15.7. The van der Waals surface area contributed by atoms with E-state index in [1.54, 1.807) is 6.07 Å². The molecule has 0 bridgehead atoms. The number of aromatic nitrogens is 1. The van der Waals surface area contributed by atoms with Crippen LogP contribution in [0.4, 0.5) is 4.39 Å². The molecular weight excluding hydrogens is 511 g/mol. The average Bonchev–Trinajstić information content (AvgIpc) is 3.67. The quantitative estimate of drug-likeness (QED) is 0.337. The molecule has 3 aromatic carbocycles. The molecule has 0 saturated carbocycles. The molecule has 7 nitrogen and oxygen atoms in total. The molecule has 1 aliphatic carbocycles. The van der Waals surface area contributed by atoms with Crippen molar-refractivity contribution in [2.45, 2.75) is 25.3 Å². The van der Waals surface area contributed by atoms with E-state index in [0.29, 0.717) is 72.3 Å². The molecule has 194 valence electrons. The number of hydrogen-bond donors (Lipinski definition) is 1. The third-order valence-electron chi connectivity index (χ3n) is 7.88. The van der Waals surface area contributed by atoms with Crippen LogP contribution in [0.1, 0.15) is 30.0 Å². The van der Waals surface area contributed by atoms with Crippen molar-refractivity contribution in [2.24, 2.45) is 5.92 Å². The van der Waals surface area contributed by atoms with Crippen molar-refractivity contribution in [1.29, 1.82) is 0 Å². The zero-order chi connectivity index (χ0) is 26.0. The van der Waals surface area contributed by atoms with Crippen molar-refractivity contribution >= 4 is 28.7 Å². The third kappa shape index (κ3) is 3.74. The van der Waals surface area contributed by atoms with E-state index in [9.17, 15) is 9.90 Å². The topological polar surface area (TPSA) is 85.0 Å². The lowest BCUT2D eigenvalue weighted by Gasteiger charge is -2.24. The number of aliphatic carboxylic acids is 1. The highest BCUT2D eigenvalue weighted by Crippen LogP contribution is 2.44. The SMILES string of the molecule is O=C(O)C1CCN(C2CCc3c2cc2nc(-c4cccc(-c5ccc6c(c5)OCCO6)c4Cl)oc2c3F)C1. The number of carboxylic acid groups (broad SMARTS) is 1. The first kappa shape index (κ1) is 23.5. The molecule has 9 heteroatoms. The van der Waals surface area contributed by atoms with Gasteiger partial charge in [0.2, 0.25) is 5.89 Å². The summed E-state index contributed by atoms with van der Waals surface area (Å²) >= 11 is 6.86. The van der Waals surface area contributed by atoms with Gasteiger partial charge in [-0.25, -0.2) is 9.37 Å². The minimum absolute atomic E-state index is 0.0180. The van der Waals surface area contributed by atoms with Crippen LogP contribution in [0.2, 0.25) is 5.02 Å². The van der Waals surface area contributed by atoms with Crippen LogP contribution in [0, 0.1) is 11.7 Å². The van der Waals surface area contributed by atoms with Crippen LogP contribution in [0.5, 0.6) is 11.5 Å². The second kappa shape index (κ2) is 8.99. The van der Waals surface area contributed by atoms with Gasteiger partial charge in [-0.1, -0.05) is 29.8 Å². The molecule has 1 N–H and O–H groups in total. The summed E-state index contributed by atoms with van der Waals surface area (Å²) in [5.41, 5.74) is 4.24. The molecular formula is C29H24ClFN2O5. The number of likely N-dealkylation sites (tertiary alicyclic amines) is 1. The molecule has 1 aromatic heterocycles. The highest BCUT2D eigenvalue weighted by molar-refractivity contribution is 6.36. The summed E-state index contributed by atoms with van der Waals surface area (Å²) in [7, 11) is 0. The van der Waals surface area contributed by atoms with Crippen LogP contribution in [0.3, 0.4) is 0 Å². The number of benzene rings is 3. The smallest absolute Gasteiger partial charge is 0.307 e. The van der Waals surface area contributed by atoms with Crippen molar-refractivity contribution in [1.82, 2.24) is 9.88 Å². The maximum Gasteiger partial charge on any atom is 0.307 e. The van der Waals surface area contributed by atoms with Crippen molar-refractivity contribution in [2.75, 3.05) is 26.3 Å². The molecule has 3 aliphatic rings. The molecule has 0 spiro atoms. The van der Waals surface area contributed by atoms with Gasteiger partial charge in [-0.3, -0.25) is 9.69 Å². The highest BCUT2D eigenvalue weighted by Gasteiger charge is 2.37. The highest BCUT2D eigenvalue weighted by atomic mass is 35.5. The van der Waals surface area contributed by atoms with Gasteiger partial charge in [-0.15, -0.1) is 0 Å². The predicted molar refractivity (Wildman–Crippen MR) is 139 cm³/mol. The maximum absolute atomic E-state index is 15.7. The van der Waals surface area contributed by atoms with Crippen LogP contribution in [0.25, 0.3) is 33.7 Å². The molecule has 2 unspecified atom stereocenters. The first-order valence-electron chi connectivity index (χ1n) is 12.8. The number of nitrogens with zero attached hydrogens (tertiary/aromatic N) is 2. The fourth-order valence-electron chi connectivity index (χ4n) is 5.97. The Labute approximate surface area is 222 Å². The summed E-state index contributed by atoms with van der Waals surface area (Å²) < 4.78 is 33.0. The number of rotatable bonds is 4. The Balaban J connectivity index is 1.25. The van der Waals surface area contributed by atoms with Gasteiger partial charge in [0, 0.05) is 18.2 Å². The minimum Gasteiger partial charge on any atom is -0.486 e. The van der Waals surface area contributed by atoms with Crippen molar-refractivity contribution < 1.29 is 28.2 Å². The molecule has 38 heavy (non-hydrogen) atoms. The van der Waals surface area contributed by atoms with Gasteiger partial charge in [0.15, 0.2) is 22.9 Å². The van der Waals surface area contributed by atoms with Gasteiger partial charge >= 0.3 is 5.97 Å². The summed E-state index contributed by atoms with van der Waals surface area (Å²) in [5.74, 6) is 0.0533. The summed E-state index contributed by atoms with van der Waals surface area (Å²) in [6, 6.07) is 13.1. The van der Waals surface area contributed by atoms with Crippen molar-refractivity contribution in [3.8, 4) is 34.1 Å². The van der Waals surface area contributed by atoms with Crippen LogP contribution < -0.4 is 9.47 Å². The van der Waals surface area contributed by atoms with Crippen LogP contribution >= 0.6 is 11.6 Å². The molecule has 1 saturated heterocycles. The Morgan fingerprint density at radius 3 is 2.71 bits per heavy atom. The number of oxazole rings is 1.